The highest BCUT2D eigenvalue weighted by molar-refractivity contribution is 5.96. The monoisotopic (exact) mass is 300 g/mol. The molecule has 0 fully saturated rings. The Hall–Kier alpha value is -2.63. The Bertz CT molecular complexity index is 693. The van der Waals surface area contributed by atoms with Gasteiger partial charge in [-0.3, -0.25) is 4.79 Å². The Kier molecular flexibility index (Phi) is 3.91. The summed E-state index contributed by atoms with van der Waals surface area (Å²) in [4.78, 5) is 23.8. The van der Waals surface area contributed by atoms with E-state index in [2.05, 4.69) is 10.5 Å². The van der Waals surface area contributed by atoms with Gasteiger partial charge in [-0.1, -0.05) is 35.5 Å². The second-order valence-corrected chi connectivity index (χ2v) is 5.30. The maximum atomic E-state index is 12.4. The number of rotatable bonds is 4. The number of benzene rings is 1. The Morgan fingerprint density at radius 3 is 2.64 bits per heavy atom. The fourth-order valence-corrected chi connectivity index (χ4v) is 2.70. The number of carbonyl (C=O) groups is 2. The molecule has 2 N–H and O–H groups in total. The minimum Gasteiger partial charge on any atom is -0.479 e. The van der Waals surface area contributed by atoms with Gasteiger partial charge >= 0.3 is 5.97 Å². The maximum absolute atomic E-state index is 12.4. The van der Waals surface area contributed by atoms with E-state index in [0.29, 0.717) is 5.56 Å². The summed E-state index contributed by atoms with van der Waals surface area (Å²) in [7, 11) is 0. The fraction of sp³-hybridized carbons (Fsp3) is 0.312. The van der Waals surface area contributed by atoms with Gasteiger partial charge in [-0.25, -0.2) is 4.79 Å². The number of aromatic nitrogens is 1. The van der Waals surface area contributed by atoms with E-state index in [4.69, 9.17) is 4.52 Å². The topological polar surface area (TPSA) is 92.4 Å². The number of aliphatic carboxylic acids is 1. The van der Waals surface area contributed by atoms with Crippen molar-refractivity contribution in [2.24, 2.45) is 0 Å². The number of carboxylic acid groups (broad SMARTS) is 1. The summed E-state index contributed by atoms with van der Waals surface area (Å²) < 4.78 is 5.20. The summed E-state index contributed by atoms with van der Waals surface area (Å²) in [6.07, 6.45) is 3.52. The van der Waals surface area contributed by atoms with Crippen LogP contribution in [0, 0.1) is 0 Å². The molecule has 114 valence electrons. The lowest BCUT2D eigenvalue weighted by Crippen LogP contribution is -2.34. The molecule has 0 unspecified atom stereocenters. The molecule has 1 heterocycles. The number of nitrogens with one attached hydrogen (secondary N) is 1. The lowest BCUT2D eigenvalue weighted by molar-refractivity contribution is -0.139. The minimum absolute atomic E-state index is 0.205. The smallest absolute Gasteiger partial charge is 0.330 e. The number of nitrogens with zero attached hydrogens (tertiary/aromatic N) is 1. The summed E-state index contributed by atoms with van der Waals surface area (Å²) >= 11 is 0. The number of carbonyl (C=O) groups excluding carboxylic acids is 1. The molecule has 1 aliphatic rings. The van der Waals surface area contributed by atoms with Crippen molar-refractivity contribution in [3.63, 3.8) is 0 Å². The van der Waals surface area contributed by atoms with Crippen molar-refractivity contribution in [3.05, 3.63) is 52.9 Å². The van der Waals surface area contributed by atoms with Gasteiger partial charge < -0.3 is 14.9 Å². The van der Waals surface area contributed by atoms with Crippen LogP contribution in [0.2, 0.25) is 0 Å². The molecule has 6 nitrogen and oxygen atoms in total. The summed E-state index contributed by atoms with van der Waals surface area (Å²) in [5.74, 6) is -0.886. The summed E-state index contributed by atoms with van der Waals surface area (Å²) in [6, 6.07) is 7.47. The van der Waals surface area contributed by atoms with Crippen LogP contribution < -0.4 is 5.32 Å². The van der Waals surface area contributed by atoms with Gasteiger partial charge in [0.05, 0.1) is 0 Å². The van der Waals surface area contributed by atoms with E-state index in [1.165, 1.54) is 0 Å². The first kappa shape index (κ1) is 14.3. The number of amides is 1. The first-order chi connectivity index (χ1) is 10.7. The van der Waals surface area contributed by atoms with Crippen LogP contribution in [-0.4, -0.2) is 22.1 Å². The summed E-state index contributed by atoms with van der Waals surface area (Å²) in [5, 5.41) is 15.7. The van der Waals surface area contributed by atoms with E-state index in [9.17, 15) is 14.7 Å². The molecule has 2 aromatic rings. The van der Waals surface area contributed by atoms with Gasteiger partial charge in [-0.05, 0) is 24.8 Å². The molecule has 0 spiro atoms. The van der Waals surface area contributed by atoms with Crippen LogP contribution in [0.25, 0.3) is 0 Å². The van der Waals surface area contributed by atoms with Crippen molar-refractivity contribution >= 4 is 11.9 Å². The number of aryl methyl sites for hydroxylation is 1. The Balaban J connectivity index is 1.83. The minimum atomic E-state index is -1.11. The van der Waals surface area contributed by atoms with Gasteiger partial charge in [0, 0.05) is 12.0 Å². The maximum Gasteiger partial charge on any atom is 0.330 e. The third-order valence-electron chi connectivity index (χ3n) is 3.82. The molecule has 0 aliphatic heterocycles. The van der Waals surface area contributed by atoms with E-state index < -0.39 is 17.9 Å². The average molecular weight is 300 g/mol. The highest BCUT2D eigenvalue weighted by Crippen LogP contribution is 2.24. The normalized spacial score (nSPS) is 14.9. The molecular weight excluding hydrogens is 284 g/mol. The van der Waals surface area contributed by atoms with E-state index in [-0.39, 0.29) is 5.69 Å². The lowest BCUT2D eigenvalue weighted by Gasteiger charge is -2.15. The summed E-state index contributed by atoms with van der Waals surface area (Å²) in [6.45, 7) is 0. The number of carboxylic acids is 1. The second kappa shape index (κ2) is 6.01. The predicted molar refractivity (Wildman–Crippen MR) is 77.4 cm³/mol. The van der Waals surface area contributed by atoms with E-state index in [0.717, 1.165) is 37.0 Å². The Labute approximate surface area is 127 Å². The molecule has 1 aliphatic carbocycles. The molecule has 0 saturated carbocycles. The predicted octanol–water partition coefficient (Wildman–Crippen LogP) is 2.11. The first-order valence-electron chi connectivity index (χ1n) is 7.23. The van der Waals surface area contributed by atoms with Crippen LogP contribution in [-0.2, 0) is 17.6 Å². The van der Waals surface area contributed by atoms with Gasteiger partial charge in [0.15, 0.2) is 11.7 Å². The van der Waals surface area contributed by atoms with Crippen LogP contribution in [0.5, 0.6) is 0 Å². The zero-order valence-corrected chi connectivity index (χ0v) is 11.9. The highest BCUT2D eigenvalue weighted by atomic mass is 16.5. The molecule has 3 rings (SSSR count). The SMILES string of the molecule is O=C(N[C@H](C(=O)O)c1ccccc1)c1noc2c1CCCC2. The Morgan fingerprint density at radius 2 is 1.91 bits per heavy atom. The van der Waals surface area contributed by atoms with Crippen molar-refractivity contribution in [1.29, 1.82) is 0 Å². The van der Waals surface area contributed by atoms with Crippen LogP contribution >= 0.6 is 0 Å². The van der Waals surface area contributed by atoms with Crippen LogP contribution in [0.15, 0.2) is 34.9 Å². The second-order valence-electron chi connectivity index (χ2n) is 5.30. The largest absolute Gasteiger partial charge is 0.479 e. The van der Waals surface area contributed by atoms with Crippen molar-refractivity contribution in [2.45, 2.75) is 31.7 Å². The fourth-order valence-electron chi connectivity index (χ4n) is 2.70. The molecule has 0 bridgehead atoms. The zero-order valence-electron chi connectivity index (χ0n) is 11.9. The third-order valence-corrected chi connectivity index (χ3v) is 3.82. The molecule has 0 radical (unpaired) electrons. The van der Waals surface area contributed by atoms with Gasteiger partial charge in [0.25, 0.3) is 5.91 Å². The molecule has 6 heteroatoms. The molecule has 1 aromatic heterocycles. The number of fused-ring (bicyclic) bond motifs is 1. The third kappa shape index (κ3) is 2.72. The molecule has 1 amide bonds. The van der Waals surface area contributed by atoms with Gasteiger partial charge in [-0.2, -0.15) is 0 Å². The molecule has 0 saturated heterocycles. The zero-order chi connectivity index (χ0) is 15.5. The quantitative estimate of drug-likeness (QED) is 0.902. The van der Waals surface area contributed by atoms with Crippen molar-refractivity contribution in [3.8, 4) is 0 Å². The van der Waals surface area contributed by atoms with Crippen molar-refractivity contribution in [2.75, 3.05) is 0 Å². The van der Waals surface area contributed by atoms with Crippen molar-refractivity contribution < 1.29 is 19.2 Å². The van der Waals surface area contributed by atoms with Gasteiger partial charge in [0.2, 0.25) is 0 Å². The summed E-state index contributed by atoms with van der Waals surface area (Å²) in [5.41, 5.74) is 1.53. The van der Waals surface area contributed by atoms with Gasteiger partial charge in [0.1, 0.15) is 5.76 Å². The highest BCUT2D eigenvalue weighted by Gasteiger charge is 2.28. The molecular formula is C16H16N2O4. The van der Waals surface area contributed by atoms with E-state index in [1.807, 2.05) is 0 Å². The first-order valence-corrected chi connectivity index (χ1v) is 7.23. The average Bonchev–Trinajstić information content (AvgIpc) is 2.97. The van der Waals surface area contributed by atoms with E-state index >= 15 is 0 Å². The number of hydrogen-bond acceptors (Lipinski definition) is 4. The Morgan fingerprint density at radius 1 is 1.18 bits per heavy atom. The van der Waals surface area contributed by atoms with Crippen LogP contribution in [0.3, 0.4) is 0 Å². The van der Waals surface area contributed by atoms with Crippen molar-refractivity contribution in [1.82, 2.24) is 10.5 Å². The van der Waals surface area contributed by atoms with Crippen LogP contribution in [0.1, 0.15) is 46.3 Å². The van der Waals surface area contributed by atoms with Crippen LogP contribution in [0.4, 0.5) is 0 Å². The van der Waals surface area contributed by atoms with E-state index in [1.54, 1.807) is 30.3 Å². The van der Waals surface area contributed by atoms with Gasteiger partial charge in [-0.15, -0.1) is 0 Å². The standard InChI is InChI=1S/C16H16N2O4/c19-15(14-11-8-4-5-9-12(11)22-18-14)17-13(16(20)21)10-6-2-1-3-7-10/h1-3,6-7,13H,4-5,8-9H2,(H,17,19)(H,20,21)/t13-/m0/s1. The lowest BCUT2D eigenvalue weighted by atomic mass is 9.96. The number of hydrogen-bond donors (Lipinski definition) is 2. The molecule has 1 atom stereocenters. The molecule has 22 heavy (non-hydrogen) atoms. The molecule has 1 aromatic carbocycles.